The number of ether oxygens (including phenoxy) is 1. The van der Waals surface area contributed by atoms with Gasteiger partial charge in [0.2, 0.25) is 0 Å². The summed E-state index contributed by atoms with van der Waals surface area (Å²) in [7, 11) is 1.71. The molecule has 4 heteroatoms. The second-order valence-electron chi connectivity index (χ2n) is 5.34. The molecular formula is C17H17BrClNO. The van der Waals surface area contributed by atoms with E-state index in [4.69, 9.17) is 16.3 Å². The summed E-state index contributed by atoms with van der Waals surface area (Å²) in [5.74, 6) is 0.929. The molecule has 0 aliphatic heterocycles. The summed E-state index contributed by atoms with van der Waals surface area (Å²) >= 11 is 9.65. The third kappa shape index (κ3) is 3.35. The van der Waals surface area contributed by atoms with E-state index in [0.717, 1.165) is 40.2 Å². The number of rotatable bonds is 3. The number of aryl methyl sites for hydroxylation is 1. The molecule has 0 radical (unpaired) electrons. The predicted octanol–water partition coefficient (Wildman–Crippen LogP) is 5.08. The molecule has 0 bridgehead atoms. The fraction of sp³-hybridized carbons (Fsp3) is 0.294. The quantitative estimate of drug-likeness (QED) is 0.818. The summed E-state index contributed by atoms with van der Waals surface area (Å²) in [5.41, 5.74) is 3.86. The summed E-state index contributed by atoms with van der Waals surface area (Å²) in [5, 5.41) is 4.34. The SMILES string of the molecule is COc1ccc2c(c1)CC(Nc1cc(Cl)ccc1Br)CC2. The van der Waals surface area contributed by atoms with Crippen molar-refractivity contribution >= 4 is 33.2 Å². The first-order valence-corrected chi connectivity index (χ1v) is 8.20. The van der Waals surface area contributed by atoms with Crippen molar-refractivity contribution in [1.82, 2.24) is 0 Å². The molecule has 2 nitrogen and oxygen atoms in total. The molecule has 0 spiro atoms. The Morgan fingerprint density at radius 2 is 2.05 bits per heavy atom. The van der Waals surface area contributed by atoms with Gasteiger partial charge >= 0.3 is 0 Å². The number of methoxy groups -OCH3 is 1. The number of nitrogens with one attached hydrogen (secondary N) is 1. The van der Waals surface area contributed by atoms with Crippen LogP contribution in [0.15, 0.2) is 40.9 Å². The number of halogens is 2. The van der Waals surface area contributed by atoms with E-state index in [1.165, 1.54) is 11.1 Å². The second-order valence-corrected chi connectivity index (χ2v) is 6.63. The van der Waals surface area contributed by atoms with Crippen molar-refractivity contribution in [3.05, 3.63) is 57.0 Å². The molecule has 1 unspecified atom stereocenters. The van der Waals surface area contributed by atoms with Gasteiger partial charge in [0.25, 0.3) is 0 Å². The molecule has 21 heavy (non-hydrogen) atoms. The maximum Gasteiger partial charge on any atom is 0.119 e. The normalized spacial score (nSPS) is 17.2. The Kier molecular flexibility index (Phi) is 4.41. The lowest BCUT2D eigenvalue weighted by molar-refractivity contribution is 0.413. The van der Waals surface area contributed by atoms with Crippen LogP contribution in [-0.4, -0.2) is 13.2 Å². The molecule has 0 saturated carbocycles. The molecule has 0 fully saturated rings. The van der Waals surface area contributed by atoms with Crippen molar-refractivity contribution in [2.24, 2.45) is 0 Å². The highest BCUT2D eigenvalue weighted by Crippen LogP contribution is 2.30. The first kappa shape index (κ1) is 14.7. The zero-order valence-electron chi connectivity index (χ0n) is 11.8. The average molecular weight is 367 g/mol. The van der Waals surface area contributed by atoms with Gasteiger partial charge in [0.05, 0.1) is 12.8 Å². The van der Waals surface area contributed by atoms with Crippen molar-refractivity contribution in [2.45, 2.75) is 25.3 Å². The molecular weight excluding hydrogens is 350 g/mol. The van der Waals surface area contributed by atoms with Gasteiger partial charge in [-0.25, -0.2) is 0 Å². The van der Waals surface area contributed by atoms with Crippen LogP contribution in [0.4, 0.5) is 5.69 Å². The Morgan fingerprint density at radius 1 is 1.19 bits per heavy atom. The molecule has 0 aromatic heterocycles. The Hall–Kier alpha value is -1.19. The smallest absolute Gasteiger partial charge is 0.119 e. The molecule has 0 heterocycles. The Labute approximate surface area is 138 Å². The van der Waals surface area contributed by atoms with E-state index in [1.54, 1.807) is 7.11 Å². The van der Waals surface area contributed by atoms with Crippen LogP contribution in [0.3, 0.4) is 0 Å². The molecule has 1 aliphatic carbocycles. The van der Waals surface area contributed by atoms with E-state index >= 15 is 0 Å². The van der Waals surface area contributed by atoms with Gasteiger partial charge in [-0.2, -0.15) is 0 Å². The lowest BCUT2D eigenvalue weighted by Gasteiger charge is -2.27. The van der Waals surface area contributed by atoms with Crippen LogP contribution >= 0.6 is 27.5 Å². The molecule has 0 saturated heterocycles. The minimum absolute atomic E-state index is 0.416. The molecule has 1 aliphatic rings. The monoisotopic (exact) mass is 365 g/mol. The van der Waals surface area contributed by atoms with Crippen molar-refractivity contribution in [3.63, 3.8) is 0 Å². The molecule has 0 amide bonds. The third-order valence-corrected chi connectivity index (χ3v) is 4.86. The van der Waals surface area contributed by atoms with Gasteiger partial charge in [0, 0.05) is 15.5 Å². The predicted molar refractivity (Wildman–Crippen MR) is 91.6 cm³/mol. The van der Waals surface area contributed by atoms with Crippen molar-refractivity contribution < 1.29 is 4.74 Å². The lowest BCUT2D eigenvalue weighted by atomic mass is 9.88. The van der Waals surface area contributed by atoms with Gasteiger partial charge in [0.15, 0.2) is 0 Å². The van der Waals surface area contributed by atoms with Crippen LogP contribution in [0.5, 0.6) is 5.75 Å². The molecule has 1 atom stereocenters. The molecule has 110 valence electrons. The van der Waals surface area contributed by atoms with Crippen molar-refractivity contribution in [2.75, 3.05) is 12.4 Å². The average Bonchev–Trinajstić information content (AvgIpc) is 2.50. The van der Waals surface area contributed by atoms with Crippen LogP contribution in [-0.2, 0) is 12.8 Å². The van der Waals surface area contributed by atoms with E-state index in [1.807, 2.05) is 24.3 Å². The summed E-state index contributed by atoms with van der Waals surface area (Å²) in [4.78, 5) is 0. The van der Waals surface area contributed by atoms with E-state index in [9.17, 15) is 0 Å². The molecule has 1 N–H and O–H groups in total. The van der Waals surface area contributed by atoms with Crippen LogP contribution in [0.1, 0.15) is 17.5 Å². The first-order chi connectivity index (χ1) is 10.2. The second kappa shape index (κ2) is 6.29. The van der Waals surface area contributed by atoms with Gasteiger partial charge in [-0.1, -0.05) is 17.7 Å². The van der Waals surface area contributed by atoms with E-state index in [-0.39, 0.29) is 0 Å². The van der Waals surface area contributed by atoms with E-state index < -0.39 is 0 Å². The Balaban J connectivity index is 1.78. The fourth-order valence-electron chi connectivity index (χ4n) is 2.81. The zero-order valence-corrected chi connectivity index (χ0v) is 14.2. The molecule has 2 aromatic carbocycles. The number of benzene rings is 2. The highest BCUT2D eigenvalue weighted by atomic mass is 79.9. The highest BCUT2D eigenvalue weighted by molar-refractivity contribution is 9.10. The van der Waals surface area contributed by atoms with Gasteiger partial charge < -0.3 is 10.1 Å². The Bertz CT molecular complexity index is 659. The molecule has 2 aromatic rings. The number of fused-ring (bicyclic) bond motifs is 1. The summed E-state index contributed by atoms with van der Waals surface area (Å²) in [6.07, 6.45) is 3.22. The summed E-state index contributed by atoms with van der Waals surface area (Å²) in [6.45, 7) is 0. The number of hydrogen-bond acceptors (Lipinski definition) is 2. The van der Waals surface area contributed by atoms with Crippen molar-refractivity contribution in [1.29, 1.82) is 0 Å². The van der Waals surface area contributed by atoms with Crippen LogP contribution < -0.4 is 10.1 Å². The van der Waals surface area contributed by atoms with Gasteiger partial charge in [-0.15, -0.1) is 0 Å². The number of anilines is 1. The summed E-state index contributed by atoms with van der Waals surface area (Å²) in [6, 6.07) is 12.6. The van der Waals surface area contributed by atoms with E-state index in [0.29, 0.717) is 6.04 Å². The van der Waals surface area contributed by atoms with Crippen LogP contribution in [0.25, 0.3) is 0 Å². The van der Waals surface area contributed by atoms with Crippen LogP contribution in [0, 0.1) is 0 Å². The van der Waals surface area contributed by atoms with E-state index in [2.05, 4.69) is 33.4 Å². The summed E-state index contributed by atoms with van der Waals surface area (Å²) < 4.78 is 6.37. The van der Waals surface area contributed by atoms with Gasteiger partial charge in [0.1, 0.15) is 5.75 Å². The van der Waals surface area contributed by atoms with Gasteiger partial charge in [-0.3, -0.25) is 0 Å². The zero-order chi connectivity index (χ0) is 14.8. The Morgan fingerprint density at radius 3 is 2.86 bits per heavy atom. The maximum absolute atomic E-state index is 6.08. The third-order valence-electron chi connectivity index (χ3n) is 3.93. The van der Waals surface area contributed by atoms with Crippen LogP contribution in [0.2, 0.25) is 5.02 Å². The molecule has 3 rings (SSSR count). The first-order valence-electron chi connectivity index (χ1n) is 7.03. The highest BCUT2D eigenvalue weighted by Gasteiger charge is 2.19. The minimum Gasteiger partial charge on any atom is -0.497 e. The lowest BCUT2D eigenvalue weighted by Crippen LogP contribution is -2.27. The number of hydrogen-bond donors (Lipinski definition) is 1. The minimum atomic E-state index is 0.416. The maximum atomic E-state index is 6.08. The van der Waals surface area contributed by atoms with Crippen molar-refractivity contribution in [3.8, 4) is 5.75 Å². The standard InChI is InChI=1S/C17H17BrClNO/c1-21-15-6-3-11-2-5-14(8-12(11)9-15)20-17-10-13(19)4-7-16(17)18/h3-4,6-7,9-10,14,20H,2,5,8H2,1H3. The van der Waals surface area contributed by atoms with Gasteiger partial charge in [-0.05, 0) is 76.7 Å². The largest absolute Gasteiger partial charge is 0.497 e. The fourth-order valence-corrected chi connectivity index (χ4v) is 3.34. The topological polar surface area (TPSA) is 21.3 Å².